The van der Waals surface area contributed by atoms with Crippen LogP contribution < -0.4 is 5.32 Å². The lowest BCUT2D eigenvalue weighted by Gasteiger charge is -2.34. The molecule has 1 saturated heterocycles. The molecule has 104 valence electrons. The third-order valence-corrected chi connectivity index (χ3v) is 4.12. The van der Waals surface area contributed by atoms with E-state index in [1.165, 1.54) is 39.2 Å². The van der Waals surface area contributed by atoms with Gasteiger partial charge in [-0.15, -0.1) is 0 Å². The van der Waals surface area contributed by atoms with Crippen LogP contribution in [0.3, 0.4) is 0 Å². The third kappa shape index (κ3) is 3.95. The minimum absolute atomic E-state index is 0.111. The summed E-state index contributed by atoms with van der Waals surface area (Å²) in [5.41, 5.74) is 0. The van der Waals surface area contributed by atoms with Gasteiger partial charge in [0.25, 0.3) is 0 Å². The topological polar surface area (TPSA) is 41.6 Å². The van der Waals surface area contributed by atoms with Crippen molar-refractivity contribution in [1.82, 2.24) is 10.2 Å². The summed E-state index contributed by atoms with van der Waals surface area (Å²) in [7, 11) is 1.48. The van der Waals surface area contributed by atoms with Crippen molar-refractivity contribution in [2.24, 2.45) is 5.92 Å². The second kappa shape index (κ2) is 6.53. The average molecular weight is 254 g/mol. The molecule has 1 heterocycles. The molecule has 2 aliphatic rings. The second-order valence-electron chi connectivity index (χ2n) is 5.69. The van der Waals surface area contributed by atoms with Crippen molar-refractivity contribution < 1.29 is 9.53 Å². The lowest BCUT2D eigenvalue weighted by Crippen LogP contribution is -2.49. The van der Waals surface area contributed by atoms with Crippen LogP contribution in [-0.4, -0.2) is 49.7 Å². The molecule has 1 saturated carbocycles. The van der Waals surface area contributed by atoms with Crippen LogP contribution in [0.15, 0.2) is 0 Å². The van der Waals surface area contributed by atoms with E-state index in [0.717, 1.165) is 25.6 Å². The Kier molecular flexibility index (Phi) is 5.01. The fourth-order valence-corrected chi connectivity index (χ4v) is 2.78. The van der Waals surface area contributed by atoms with E-state index in [0.29, 0.717) is 6.04 Å². The highest BCUT2D eigenvalue weighted by molar-refractivity contribution is 5.76. The minimum Gasteiger partial charge on any atom is -0.468 e. The fraction of sp³-hybridized carbons (Fsp3) is 0.929. The highest BCUT2D eigenvalue weighted by Gasteiger charge is 2.31. The zero-order chi connectivity index (χ0) is 13.0. The van der Waals surface area contributed by atoms with E-state index in [1.54, 1.807) is 0 Å². The van der Waals surface area contributed by atoms with Gasteiger partial charge in [0.1, 0.15) is 6.04 Å². The van der Waals surface area contributed by atoms with E-state index in [9.17, 15) is 4.79 Å². The number of nitrogens with one attached hydrogen (secondary N) is 1. The second-order valence-corrected chi connectivity index (χ2v) is 5.69. The van der Waals surface area contributed by atoms with Gasteiger partial charge in [-0.1, -0.05) is 13.3 Å². The van der Waals surface area contributed by atoms with E-state index < -0.39 is 0 Å². The Morgan fingerprint density at radius 1 is 1.44 bits per heavy atom. The van der Waals surface area contributed by atoms with E-state index in [-0.39, 0.29) is 12.0 Å². The van der Waals surface area contributed by atoms with Gasteiger partial charge in [0.15, 0.2) is 0 Å². The van der Waals surface area contributed by atoms with Crippen molar-refractivity contribution in [2.45, 2.75) is 51.1 Å². The Hall–Kier alpha value is -0.610. The van der Waals surface area contributed by atoms with Crippen LogP contribution in [-0.2, 0) is 9.53 Å². The van der Waals surface area contributed by atoms with Gasteiger partial charge in [-0.3, -0.25) is 4.79 Å². The predicted octanol–water partition coefficient (Wildman–Crippen LogP) is 1.40. The van der Waals surface area contributed by atoms with E-state index in [4.69, 9.17) is 4.74 Å². The summed E-state index contributed by atoms with van der Waals surface area (Å²) in [6, 6.07) is 0.402. The Bertz CT molecular complexity index is 279. The molecule has 2 atom stereocenters. The van der Waals surface area contributed by atoms with E-state index in [1.807, 2.05) is 0 Å². The molecule has 4 heteroatoms. The number of rotatable bonds is 6. The first-order valence-electron chi connectivity index (χ1n) is 7.29. The van der Waals surface area contributed by atoms with Gasteiger partial charge >= 0.3 is 5.97 Å². The maximum absolute atomic E-state index is 11.8. The summed E-state index contributed by atoms with van der Waals surface area (Å²) in [5, 5.41) is 3.41. The van der Waals surface area contributed by atoms with Crippen LogP contribution >= 0.6 is 0 Å². The standard InChI is InChI=1S/C14H26N2O2/c1-3-11-5-4-8-16(9-11)10-13(14(17)18-2)15-12-6-7-12/h11-13,15H,3-10H2,1-2H3. The van der Waals surface area contributed by atoms with Crippen molar-refractivity contribution in [3.8, 4) is 0 Å². The monoisotopic (exact) mass is 254 g/mol. The van der Waals surface area contributed by atoms with Crippen molar-refractivity contribution in [2.75, 3.05) is 26.7 Å². The van der Waals surface area contributed by atoms with Crippen LogP contribution in [0.5, 0.6) is 0 Å². The summed E-state index contributed by atoms with van der Waals surface area (Å²) in [6.45, 7) is 5.32. The van der Waals surface area contributed by atoms with Crippen LogP contribution in [0.4, 0.5) is 0 Å². The summed E-state index contributed by atoms with van der Waals surface area (Å²) >= 11 is 0. The molecule has 2 rings (SSSR count). The van der Waals surface area contributed by atoms with Crippen LogP contribution in [0.25, 0.3) is 0 Å². The van der Waals surface area contributed by atoms with Gasteiger partial charge < -0.3 is 15.0 Å². The molecule has 1 aliphatic heterocycles. The molecule has 0 aromatic heterocycles. The van der Waals surface area contributed by atoms with Gasteiger partial charge in [-0.25, -0.2) is 0 Å². The maximum Gasteiger partial charge on any atom is 0.324 e. The summed E-state index contributed by atoms with van der Waals surface area (Å²) in [5.74, 6) is 0.693. The largest absolute Gasteiger partial charge is 0.468 e. The molecule has 1 N–H and O–H groups in total. The van der Waals surface area contributed by atoms with Gasteiger partial charge in [-0.2, -0.15) is 0 Å². The van der Waals surface area contributed by atoms with Gasteiger partial charge in [0.05, 0.1) is 7.11 Å². The Labute approximate surface area is 110 Å². The minimum atomic E-state index is -0.141. The molecule has 2 fully saturated rings. The third-order valence-electron chi connectivity index (χ3n) is 4.12. The molecule has 0 amide bonds. The highest BCUT2D eigenvalue weighted by Crippen LogP contribution is 2.22. The van der Waals surface area contributed by atoms with E-state index >= 15 is 0 Å². The molecule has 0 radical (unpaired) electrons. The van der Waals surface area contributed by atoms with Crippen LogP contribution in [0, 0.1) is 5.92 Å². The number of esters is 1. The number of hydrogen-bond donors (Lipinski definition) is 1. The first kappa shape index (κ1) is 13.8. The molecule has 1 aliphatic carbocycles. The molecular weight excluding hydrogens is 228 g/mol. The molecule has 0 aromatic rings. The molecule has 0 spiro atoms. The molecule has 0 bridgehead atoms. The Balaban J connectivity index is 1.84. The van der Waals surface area contributed by atoms with Gasteiger partial charge in [0, 0.05) is 19.1 Å². The van der Waals surface area contributed by atoms with Crippen molar-refractivity contribution >= 4 is 5.97 Å². The number of carbonyl (C=O) groups excluding carboxylic acids is 1. The average Bonchev–Trinajstić information content (AvgIpc) is 3.21. The number of ether oxygens (including phenoxy) is 1. The predicted molar refractivity (Wildman–Crippen MR) is 71.4 cm³/mol. The lowest BCUT2D eigenvalue weighted by atomic mass is 9.95. The summed E-state index contributed by atoms with van der Waals surface area (Å²) in [4.78, 5) is 14.2. The smallest absolute Gasteiger partial charge is 0.324 e. The van der Waals surface area contributed by atoms with Gasteiger partial charge in [0.2, 0.25) is 0 Å². The number of nitrogens with zero attached hydrogens (tertiary/aromatic N) is 1. The fourth-order valence-electron chi connectivity index (χ4n) is 2.78. The highest BCUT2D eigenvalue weighted by atomic mass is 16.5. The number of likely N-dealkylation sites (tertiary alicyclic amines) is 1. The molecule has 4 nitrogen and oxygen atoms in total. The maximum atomic E-state index is 11.8. The van der Waals surface area contributed by atoms with E-state index in [2.05, 4.69) is 17.1 Å². The first-order chi connectivity index (χ1) is 8.72. The number of hydrogen-bond acceptors (Lipinski definition) is 4. The number of methoxy groups -OCH3 is 1. The Morgan fingerprint density at radius 3 is 2.83 bits per heavy atom. The van der Waals surface area contributed by atoms with Crippen molar-refractivity contribution in [1.29, 1.82) is 0 Å². The van der Waals surface area contributed by atoms with Gasteiger partial charge in [-0.05, 0) is 38.1 Å². The quantitative estimate of drug-likeness (QED) is 0.728. The van der Waals surface area contributed by atoms with Crippen molar-refractivity contribution in [3.05, 3.63) is 0 Å². The van der Waals surface area contributed by atoms with Crippen LogP contribution in [0.2, 0.25) is 0 Å². The summed E-state index contributed by atoms with van der Waals surface area (Å²) in [6.07, 6.45) is 6.24. The van der Waals surface area contributed by atoms with Crippen molar-refractivity contribution in [3.63, 3.8) is 0 Å². The normalized spacial score (nSPS) is 26.9. The zero-order valence-corrected chi connectivity index (χ0v) is 11.7. The molecule has 0 aromatic carbocycles. The summed E-state index contributed by atoms with van der Waals surface area (Å²) < 4.78 is 4.91. The Morgan fingerprint density at radius 2 is 2.22 bits per heavy atom. The number of carbonyl (C=O) groups is 1. The zero-order valence-electron chi connectivity index (χ0n) is 11.7. The lowest BCUT2D eigenvalue weighted by molar-refractivity contribution is -0.143. The SMILES string of the molecule is CCC1CCCN(CC(NC2CC2)C(=O)OC)C1. The number of piperidine rings is 1. The molecular formula is C14H26N2O2. The molecule has 2 unspecified atom stereocenters. The molecule has 18 heavy (non-hydrogen) atoms. The first-order valence-corrected chi connectivity index (χ1v) is 7.29. The van der Waals surface area contributed by atoms with Crippen LogP contribution in [0.1, 0.15) is 39.0 Å².